The van der Waals surface area contributed by atoms with Crippen molar-refractivity contribution >= 4 is 11.6 Å². The number of carbonyl (C=O) groups is 1. The van der Waals surface area contributed by atoms with Crippen LogP contribution in [-0.2, 0) is 17.8 Å². The third kappa shape index (κ3) is 3.35. The van der Waals surface area contributed by atoms with Crippen molar-refractivity contribution in [3.05, 3.63) is 53.9 Å². The second kappa shape index (κ2) is 6.79. The van der Waals surface area contributed by atoms with Crippen LogP contribution in [0.1, 0.15) is 18.1 Å². The number of amides is 1. The van der Waals surface area contributed by atoms with Crippen LogP contribution in [0.5, 0.6) is 5.75 Å². The molecule has 1 amide bonds. The van der Waals surface area contributed by atoms with Gasteiger partial charge in [-0.3, -0.25) is 14.7 Å². The Balaban J connectivity index is 1.69. The lowest BCUT2D eigenvalue weighted by atomic mass is 9.99. The number of hydrogen-bond donors (Lipinski definition) is 1. The van der Waals surface area contributed by atoms with E-state index in [9.17, 15) is 4.79 Å². The molecule has 2 aromatic rings. The largest absolute Gasteiger partial charge is 0.494 e. The first-order chi connectivity index (χ1) is 11.2. The molecule has 1 atom stereocenters. The molecule has 1 aliphatic rings. The molecule has 0 bridgehead atoms. The predicted molar refractivity (Wildman–Crippen MR) is 89.4 cm³/mol. The van der Waals surface area contributed by atoms with Crippen molar-refractivity contribution in [1.29, 1.82) is 0 Å². The zero-order valence-corrected chi connectivity index (χ0v) is 13.5. The number of methoxy groups -OCH3 is 1. The minimum absolute atomic E-state index is 0.0457. The van der Waals surface area contributed by atoms with Gasteiger partial charge in [0.2, 0.25) is 5.91 Å². The highest BCUT2D eigenvalue weighted by Crippen LogP contribution is 2.24. The lowest BCUT2D eigenvalue weighted by molar-refractivity contribution is -0.121. The number of ether oxygens (including phenoxy) is 1. The van der Waals surface area contributed by atoms with E-state index in [-0.39, 0.29) is 11.9 Å². The zero-order valence-electron chi connectivity index (χ0n) is 13.5. The average Bonchev–Trinajstić information content (AvgIpc) is 2.61. The maximum atomic E-state index is 12.6. The lowest BCUT2D eigenvalue weighted by Crippen LogP contribution is -2.44. The van der Waals surface area contributed by atoms with Crippen molar-refractivity contribution in [2.45, 2.75) is 25.9 Å². The van der Waals surface area contributed by atoms with E-state index >= 15 is 0 Å². The van der Waals surface area contributed by atoms with Crippen molar-refractivity contribution in [2.24, 2.45) is 0 Å². The van der Waals surface area contributed by atoms with Gasteiger partial charge in [-0.15, -0.1) is 0 Å². The summed E-state index contributed by atoms with van der Waals surface area (Å²) in [6.07, 6.45) is 4.22. The zero-order chi connectivity index (χ0) is 16.2. The molecule has 0 saturated heterocycles. The summed E-state index contributed by atoms with van der Waals surface area (Å²) < 4.78 is 5.25. The molecule has 0 unspecified atom stereocenters. The molecule has 5 nitrogen and oxygen atoms in total. The smallest absolute Gasteiger partial charge is 0.241 e. The quantitative estimate of drug-likeness (QED) is 0.942. The number of anilines is 1. The third-order valence-corrected chi connectivity index (χ3v) is 4.35. The minimum atomic E-state index is -0.215. The van der Waals surface area contributed by atoms with Gasteiger partial charge in [0.15, 0.2) is 0 Å². The molecule has 120 valence electrons. The Hall–Kier alpha value is -2.40. The van der Waals surface area contributed by atoms with Gasteiger partial charge in [0.25, 0.3) is 0 Å². The number of rotatable bonds is 4. The van der Waals surface area contributed by atoms with Gasteiger partial charge < -0.3 is 10.1 Å². The summed E-state index contributed by atoms with van der Waals surface area (Å²) in [4.78, 5) is 18.8. The molecule has 1 N–H and O–H groups in total. The number of benzene rings is 1. The van der Waals surface area contributed by atoms with Gasteiger partial charge in [0, 0.05) is 25.4 Å². The first-order valence-electron chi connectivity index (χ1n) is 7.78. The first kappa shape index (κ1) is 15.5. The number of hydrogen-bond acceptors (Lipinski definition) is 4. The second-order valence-corrected chi connectivity index (χ2v) is 5.73. The van der Waals surface area contributed by atoms with Crippen LogP contribution in [0.4, 0.5) is 5.69 Å². The Labute approximate surface area is 136 Å². The Bertz CT molecular complexity index is 702. The van der Waals surface area contributed by atoms with E-state index in [1.807, 2.05) is 13.0 Å². The second-order valence-electron chi connectivity index (χ2n) is 5.73. The van der Waals surface area contributed by atoms with Crippen LogP contribution in [-0.4, -0.2) is 35.5 Å². The van der Waals surface area contributed by atoms with Crippen molar-refractivity contribution in [2.75, 3.05) is 19.0 Å². The number of carbonyl (C=O) groups excluding carboxylic acids is 1. The summed E-state index contributed by atoms with van der Waals surface area (Å²) in [6.45, 7) is 3.62. The lowest BCUT2D eigenvalue weighted by Gasteiger charge is -2.32. The molecule has 1 aromatic heterocycles. The fourth-order valence-electron chi connectivity index (χ4n) is 2.90. The van der Waals surface area contributed by atoms with E-state index in [1.165, 1.54) is 11.1 Å². The normalized spacial score (nSPS) is 15.6. The molecule has 5 heteroatoms. The summed E-state index contributed by atoms with van der Waals surface area (Å²) in [5.74, 6) is 0.570. The fourth-order valence-corrected chi connectivity index (χ4v) is 2.90. The summed E-state index contributed by atoms with van der Waals surface area (Å²) >= 11 is 0. The molecule has 23 heavy (non-hydrogen) atoms. The van der Waals surface area contributed by atoms with Gasteiger partial charge in [0.1, 0.15) is 11.4 Å². The van der Waals surface area contributed by atoms with Gasteiger partial charge in [-0.25, -0.2) is 0 Å². The Morgan fingerprint density at radius 1 is 1.30 bits per heavy atom. The van der Waals surface area contributed by atoms with Crippen molar-refractivity contribution < 1.29 is 9.53 Å². The van der Waals surface area contributed by atoms with Crippen molar-refractivity contribution in [1.82, 2.24) is 9.88 Å². The minimum Gasteiger partial charge on any atom is -0.494 e. The summed E-state index contributed by atoms with van der Waals surface area (Å²) in [6, 6.07) is 9.94. The van der Waals surface area contributed by atoms with Crippen LogP contribution in [0.3, 0.4) is 0 Å². The first-order valence-corrected chi connectivity index (χ1v) is 7.78. The highest BCUT2D eigenvalue weighted by molar-refractivity contribution is 5.95. The summed E-state index contributed by atoms with van der Waals surface area (Å²) in [5, 5.41) is 2.91. The number of pyridine rings is 1. The molecule has 0 spiro atoms. The van der Waals surface area contributed by atoms with Gasteiger partial charge >= 0.3 is 0 Å². The van der Waals surface area contributed by atoms with Gasteiger partial charge in [-0.05, 0) is 24.5 Å². The van der Waals surface area contributed by atoms with Crippen LogP contribution in [0.25, 0.3) is 0 Å². The molecular formula is C18H21N3O2. The van der Waals surface area contributed by atoms with Crippen LogP contribution in [0, 0.1) is 0 Å². The van der Waals surface area contributed by atoms with Gasteiger partial charge in [-0.1, -0.05) is 24.3 Å². The number of fused-ring (bicyclic) bond motifs is 1. The van der Waals surface area contributed by atoms with Gasteiger partial charge in [0.05, 0.1) is 19.3 Å². The van der Waals surface area contributed by atoms with Crippen LogP contribution in [0.2, 0.25) is 0 Å². The third-order valence-electron chi connectivity index (χ3n) is 4.35. The van der Waals surface area contributed by atoms with Crippen LogP contribution in [0.15, 0.2) is 42.7 Å². The van der Waals surface area contributed by atoms with E-state index in [4.69, 9.17) is 4.74 Å². The highest BCUT2D eigenvalue weighted by Gasteiger charge is 2.25. The van der Waals surface area contributed by atoms with Crippen LogP contribution < -0.4 is 10.1 Å². The SMILES string of the molecule is COc1ccncc1NC(=O)[C@H](C)N1CCc2ccccc2C1. The predicted octanol–water partition coefficient (Wildman–Crippen LogP) is 2.48. The summed E-state index contributed by atoms with van der Waals surface area (Å²) in [5.41, 5.74) is 3.28. The Morgan fingerprint density at radius 2 is 2.09 bits per heavy atom. The highest BCUT2D eigenvalue weighted by atomic mass is 16.5. The maximum absolute atomic E-state index is 12.6. The standard InChI is InChI=1S/C18H21N3O2/c1-13(18(22)20-16-11-19-9-7-17(16)23-2)21-10-8-14-5-3-4-6-15(14)12-21/h3-7,9,11,13H,8,10,12H2,1-2H3,(H,20,22)/t13-/m0/s1. The van der Waals surface area contributed by atoms with E-state index in [1.54, 1.807) is 25.6 Å². The number of nitrogens with one attached hydrogen (secondary N) is 1. The molecule has 0 fully saturated rings. The Kier molecular flexibility index (Phi) is 4.57. The van der Waals surface area contributed by atoms with E-state index in [2.05, 4.69) is 33.4 Å². The van der Waals surface area contributed by atoms with Gasteiger partial charge in [-0.2, -0.15) is 0 Å². The number of aromatic nitrogens is 1. The molecule has 0 radical (unpaired) electrons. The molecule has 0 saturated carbocycles. The molecule has 2 heterocycles. The fraction of sp³-hybridized carbons (Fsp3) is 0.333. The van der Waals surface area contributed by atoms with E-state index in [0.29, 0.717) is 11.4 Å². The van der Waals surface area contributed by atoms with E-state index in [0.717, 1.165) is 19.5 Å². The molecule has 3 rings (SSSR count). The number of nitrogens with zero attached hydrogens (tertiary/aromatic N) is 2. The van der Waals surface area contributed by atoms with E-state index < -0.39 is 0 Å². The summed E-state index contributed by atoms with van der Waals surface area (Å²) in [7, 11) is 1.58. The monoisotopic (exact) mass is 311 g/mol. The molecular weight excluding hydrogens is 290 g/mol. The molecule has 1 aromatic carbocycles. The molecule has 1 aliphatic heterocycles. The van der Waals surface area contributed by atoms with Crippen LogP contribution >= 0.6 is 0 Å². The topological polar surface area (TPSA) is 54.5 Å². The maximum Gasteiger partial charge on any atom is 0.241 e. The van der Waals surface area contributed by atoms with Crippen molar-refractivity contribution in [3.8, 4) is 5.75 Å². The average molecular weight is 311 g/mol. The molecule has 0 aliphatic carbocycles. The van der Waals surface area contributed by atoms with Crippen molar-refractivity contribution in [3.63, 3.8) is 0 Å². The Morgan fingerprint density at radius 3 is 2.87 bits per heavy atom.